The maximum atomic E-state index is 10.4. The Morgan fingerprint density at radius 1 is 1.33 bits per heavy atom. The number of benzene rings is 1. The summed E-state index contributed by atoms with van der Waals surface area (Å²) >= 11 is 0. The second-order valence-corrected chi connectivity index (χ2v) is 3.63. The van der Waals surface area contributed by atoms with Crippen LogP contribution in [0.15, 0.2) is 12.1 Å². The number of carbonyl (C=O) groups excluding carboxylic acids is 1. The number of ether oxygens (including phenoxy) is 1. The van der Waals surface area contributed by atoms with Crippen molar-refractivity contribution < 1.29 is 9.53 Å². The van der Waals surface area contributed by atoms with Gasteiger partial charge in [0.2, 0.25) is 0 Å². The first-order valence-electron chi connectivity index (χ1n) is 5.36. The van der Waals surface area contributed by atoms with Gasteiger partial charge in [-0.1, -0.05) is 12.1 Å². The first-order valence-corrected chi connectivity index (χ1v) is 5.36. The van der Waals surface area contributed by atoms with Crippen LogP contribution in [0, 0.1) is 13.8 Å². The first kappa shape index (κ1) is 11.8. The average Bonchev–Trinajstić information content (AvgIpc) is 2.24. The molecule has 0 amide bonds. The molecule has 0 spiro atoms. The summed E-state index contributed by atoms with van der Waals surface area (Å²) < 4.78 is 5.63. The zero-order valence-corrected chi connectivity index (χ0v) is 9.67. The van der Waals surface area contributed by atoms with E-state index < -0.39 is 0 Å². The van der Waals surface area contributed by atoms with Crippen LogP contribution in [-0.2, 0) is 11.2 Å². The molecule has 0 aliphatic heterocycles. The number of hydrogen-bond donors (Lipinski definition) is 0. The Bertz CT molecular complexity index is 343. The topological polar surface area (TPSA) is 26.3 Å². The van der Waals surface area contributed by atoms with E-state index in [0.717, 1.165) is 24.0 Å². The third-order valence-corrected chi connectivity index (χ3v) is 2.58. The normalized spacial score (nSPS) is 10.1. The lowest BCUT2D eigenvalue weighted by atomic mass is 10.0. The summed E-state index contributed by atoms with van der Waals surface area (Å²) in [7, 11) is 0. The predicted molar refractivity (Wildman–Crippen MR) is 61.5 cm³/mol. The van der Waals surface area contributed by atoms with Crippen LogP contribution in [-0.4, -0.2) is 12.9 Å². The fourth-order valence-corrected chi connectivity index (χ4v) is 1.60. The Morgan fingerprint density at radius 3 is 2.67 bits per heavy atom. The Balaban J connectivity index is 3.02. The van der Waals surface area contributed by atoms with E-state index in [1.165, 1.54) is 11.1 Å². The van der Waals surface area contributed by atoms with Gasteiger partial charge in [-0.05, 0) is 43.9 Å². The molecule has 1 aromatic rings. The van der Waals surface area contributed by atoms with Gasteiger partial charge in [0.1, 0.15) is 12.0 Å². The van der Waals surface area contributed by atoms with Crippen LogP contribution in [0.2, 0.25) is 0 Å². The van der Waals surface area contributed by atoms with Crippen molar-refractivity contribution in [2.24, 2.45) is 0 Å². The summed E-state index contributed by atoms with van der Waals surface area (Å²) in [6.07, 6.45) is 2.27. The molecule has 0 fully saturated rings. The molecule has 1 aromatic carbocycles. The Morgan fingerprint density at radius 2 is 2.07 bits per heavy atom. The standard InChI is InChI=1S/C13H18O2/c1-4-15-13-11(3)10(2)7-8-12(13)6-5-9-14/h7-9H,4-6H2,1-3H3. The van der Waals surface area contributed by atoms with Crippen LogP contribution >= 0.6 is 0 Å². The minimum atomic E-state index is 0.558. The minimum Gasteiger partial charge on any atom is -0.493 e. The van der Waals surface area contributed by atoms with E-state index >= 15 is 0 Å². The van der Waals surface area contributed by atoms with Crippen LogP contribution < -0.4 is 4.74 Å². The summed E-state index contributed by atoms with van der Waals surface area (Å²) in [5, 5.41) is 0. The summed E-state index contributed by atoms with van der Waals surface area (Å²) in [5.74, 6) is 0.958. The Labute approximate surface area is 91.3 Å². The zero-order chi connectivity index (χ0) is 11.3. The quantitative estimate of drug-likeness (QED) is 0.692. The van der Waals surface area contributed by atoms with E-state index in [0.29, 0.717) is 13.0 Å². The number of carbonyl (C=O) groups is 1. The van der Waals surface area contributed by atoms with Crippen molar-refractivity contribution in [1.29, 1.82) is 0 Å². The molecule has 0 aliphatic carbocycles. The lowest BCUT2D eigenvalue weighted by molar-refractivity contribution is -0.107. The number of aldehydes is 1. The van der Waals surface area contributed by atoms with E-state index in [1.807, 2.05) is 6.92 Å². The number of aryl methyl sites for hydroxylation is 2. The molecule has 0 bridgehead atoms. The van der Waals surface area contributed by atoms with Gasteiger partial charge in [0.15, 0.2) is 0 Å². The predicted octanol–water partition coefficient (Wildman–Crippen LogP) is 2.83. The average molecular weight is 206 g/mol. The number of hydrogen-bond acceptors (Lipinski definition) is 2. The van der Waals surface area contributed by atoms with Crippen molar-refractivity contribution in [2.75, 3.05) is 6.61 Å². The van der Waals surface area contributed by atoms with E-state index in [4.69, 9.17) is 4.74 Å². The van der Waals surface area contributed by atoms with E-state index in [1.54, 1.807) is 0 Å². The van der Waals surface area contributed by atoms with Crippen LogP contribution in [0.1, 0.15) is 30.0 Å². The second kappa shape index (κ2) is 5.54. The van der Waals surface area contributed by atoms with Crippen LogP contribution in [0.3, 0.4) is 0 Å². The van der Waals surface area contributed by atoms with Crippen molar-refractivity contribution in [3.63, 3.8) is 0 Å². The van der Waals surface area contributed by atoms with Crippen LogP contribution in [0.4, 0.5) is 0 Å². The van der Waals surface area contributed by atoms with E-state index in [9.17, 15) is 4.79 Å². The highest BCUT2D eigenvalue weighted by atomic mass is 16.5. The smallest absolute Gasteiger partial charge is 0.125 e. The molecular formula is C13H18O2. The van der Waals surface area contributed by atoms with Crippen molar-refractivity contribution in [3.05, 3.63) is 28.8 Å². The second-order valence-electron chi connectivity index (χ2n) is 3.63. The van der Waals surface area contributed by atoms with Crippen molar-refractivity contribution >= 4 is 6.29 Å². The van der Waals surface area contributed by atoms with E-state index in [2.05, 4.69) is 26.0 Å². The molecule has 2 heteroatoms. The van der Waals surface area contributed by atoms with Gasteiger partial charge < -0.3 is 9.53 Å². The Kier molecular flexibility index (Phi) is 4.35. The van der Waals surface area contributed by atoms with Gasteiger partial charge in [0.25, 0.3) is 0 Å². The molecule has 0 saturated heterocycles. The van der Waals surface area contributed by atoms with Gasteiger partial charge in [0.05, 0.1) is 6.61 Å². The largest absolute Gasteiger partial charge is 0.493 e. The molecular weight excluding hydrogens is 188 g/mol. The molecule has 0 atom stereocenters. The fraction of sp³-hybridized carbons (Fsp3) is 0.462. The maximum Gasteiger partial charge on any atom is 0.125 e. The van der Waals surface area contributed by atoms with Crippen LogP contribution in [0.5, 0.6) is 5.75 Å². The summed E-state index contributed by atoms with van der Waals surface area (Å²) in [6, 6.07) is 4.13. The molecule has 82 valence electrons. The number of rotatable bonds is 5. The summed E-state index contributed by atoms with van der Waals surface area (Å²) in [6.45, 7) is 6.77. The highest BCUT2D eigenvalue weighted by Crippen LogP contribution is 2.27. The highest BCUT2D eigenvalue weighted by molar-refractivity contribution is 5.52. The SMILES string of the molecule is CCOc1c(CCC=O)ccc(C)c1C. The Hall–Kier alpha value is -1.31. The lowest BCUT2D eigenvalue weighted by Crippen LogP contribution is -2.01. The lowest BCUT2D eigenvalue weighted by Gasteiger charge is -2.14. The molecule has 1 rings (SSSR count). The molecule has 0 radical (unpaired) electrons. The molecule has 0 aromatic heterocycles. The fourth-order valence-electron chi connectivity index (χ4n) is 1.60. The third kappa shape index (κ3) is 2.82. The molecule has 15 heavy (non-hydrogen) atoms. The molecule has 0 aliphatic rings. The summed E-state index contributed by atoms with van der Waals surface area (Å²) in [4.78, 5) is 10.4. The van der Waals surface area contributed by atoms with Gasteiger partial charge >= 0.3 is 0 Å². The molecule has 0 unspecified atom stereocenters. The first-order chi connectivity index (χ1) is 7.20. The maximum absolute atomic E-state index is 10.4. The van der Waals surface area contributed by atoms with Crippen LogP contribution in [0.25, 0.3) is 0 Å². The van der Waals surface area contributed by atoms with E-state index in [-0.39, 0.29) is 0 Å². The minimum absolute atomic E-state index is 0.558. The molecule has 0 saturated carbocycles. The van der Waals surface area contributed by atoms with Gasteiger partial charge in [-0.2, -0.15) is 0 Å². The summed E-state index contributed by atoms with van der Waals surface area (Å²) in [5.41, 5.74) is 3.54. The van der Waals surface area contributed by atoms with Gasteiger partial charge in [-0.25, -0.2) is 0 Å². The molecule has 2 nitrogen and oxygen atoms in total. The van der Waals surface area contributed by atoms with Gasteiger partial charge in [0, 0.05) is 6.42 Å². The van der Waals surface area contributed by atoms with Crippen molar-refractivity contribution in [2.45, 2.75) is 33.6 Å². The van der Waals surface area contributed by atoms with Gasteiger partial charge in [-0.15, -0.1) is 0 Å². The monoisotopic (exact) mass is 206 g/mol. The molecule has 0 heterocycles. The third-order valence-electron chi connectivity index (χ3n) is 2.58. The van der Waals surface area contributed by atoms with Gasteiger partial charge in [-0.3, -0.25) is 0 Å². The zero-order valence-electron chi connectivity index (χ0n) is 9.67. The molecule has 0 N–H and O–H groups in total. The van der Waals surface area contributed by atoms with Crippen molar-refractivity contribution in [3.8, 4) is 5.75 Å². The highest BCUT2D eigenvalue weighted by Gasteiger charge is 2.08. The van der Waals surface area contributed by atoms with Crippen molar-refractivity contribution in [1.82, 2.24) is 0 Å².